The lowest BCUT2D eigenvalue weighted by atomic mass is 10.3. The monoisotopic (exact) mass is 256 g/mol. The van der Waals surface area contributed by atoms with Crippen LogP contribution in [0.1, 0.15) is 12.8 Å². The van der Waals surface area contributed by atoms with Gasteiger partial charge in [0.1, 0.15) is 5.75 Å². The molecule has 0 aromatic heterocycles. The summed E-state index contributed by atoms with van der Waals surface area (Å²) in [5.41, 5.74) is 5.20. The van der Waals surface area contributed by atoms with Crippen LogP contribution in [-0.2, 0) is 9.84 Å². The highest BCUT2D eigenvalue weighted by atomic mass is 32.2. The van der Waals surface area contributed by atoms with Crippen LogP contribution < -0.4 is 10.5 Å². The van der Waals surface area contributed by atoms with Crippen molar-refractivity contribution in [3.63, 3.8) is 0 Å². The van der Waals surface area contributed by atoms with Gasteiger partial charge >= 0.3 is 0 Å². The number of ether oxygens (including phenoxy) is 1. The van der Waals surface area contributed by atoms with Crippen LogP contribution >= 0.6 is 0 Å². The first-order chi connectivity index (χ1) is 7.89. The third-order valence-corrected chi connectivity index (χ3v) is 3.24. The van der Waals surface area contributed by atoms with Gasteiger partial charge in [-0.15, -0.1) is 0 Å². The van der Waals surface area contributed by atoms with Crippen LogP contribution in [-0.4, -0.2) is 27.1 Å². The number of rotatable bonds is 6. The molecule has 0 saturated carbocycles. The number of benzene rings is 1. The molecule has 5 nitrogen and oxygen atoms in total. The Labute approximate surface area is 101 Å². The molecule has 0 heterocycles. The number of nitrogens with two attached hydrogens (primary N) is 1. The highest BCUT2D eigenvalue weighted by Crippen LogP contribution is 2.15. The summed E-state index contributed by atoms with van der Waals surface area (Å²) in [5.74, 6) is 0.752. The third kappa shape index (κ3) is 4.86. The fourth-order valence-electron chi connectivity index (χ4n) is 1.24. The summed E-state index contributed by atoms with van der Waals surface area (Å²) >= 11 is 0. The van der Waals surface area contributed by atoms with Gasteiger partial charge < -0.3 is 10.5 Å². The molecule has 0 fully saturated rings. The lowest BCUT2D eigenvalue weighted by Crippen LogP contribution is -2.11. The Morgan fingerprint density at radius 2 is 1.94 bits per heavy atom. The van der Waals surface area contributed by atoms with E-state index >= 15 is 0 Å². The molecule has 0 atom stereocenters. The van der Waals surface area contributed by atoms with Crippen molar-refractivity contribution in [2.45, 2.75) is 17.7 Å². The zero-order valence-corrected chi connectivity index (χ0v) is 10.5. The summed E-state index contributed by atoms with van der Waals surface area (Å²) in [6, 6.07) is 6.25. The molecule has 0 spiro atoms. The highest BCUT2D eigenvalue weighted by molar-refractivity contribution is 7.90. The van der Waals surface area contributed by atoms with Gasteiger partial charge in [-0.1, -0.05) is 0 Å². The lowest BCUT2D eigenvalue weighted by molar-refractivity contribution is 0.313. The topological polar surface area (TPSA) is 93.2 Å². The van der Waals surface area contributed by atoms with Crippen molar-refractivity contribution in [2.24, 2.45) is 5.73 Å². The molecular formula is C11H16N2O3S. The molecule has 0 aliphatic rings. The summed E-state index contributed by atoms with van der Waals surface area (Å²) in [6.45, 7) is 0.456. The van der Waals surface area contributed by atoms with Gasteiger partial charge in [-0.2, -0.15) is 0 Å². The van der Waals surface area contributed by atoms with Crippen molar-refractivity contribution in [1.82, 2.24) is 0 Å². The van der Waals surface area contributed by atoms with E-state index in [2.05, 4.69) is 0 Å². The minimum Gasteiger partial charge on any atom is -0.494 e. The first-order valence-corrected chi connectivity index (χ1v) is 7.04. The van der Waals surface area contributed by atoms with Crippen molar-refractivity contribution in [3.05, 3.63) is 24.3 Å². The Morgan fingerprint density at radius 1 is 1.35 bits per heavy atom. The summed E-state index contributed by atoms with van der Waals surface area (Å²) in [5, 5.41) is 7.03. The van der Waals surface area contributed by atoms with Crippen molar-refractivity contribution in [1.29, 1.82) is 5.41 Å². The van der Waals surface area contributed by atoms with Gasteiger partial charge in [0.25, 0.3) is 0 Å². The molecule has 1 aromatic rings. The van der Waals surface area contributed by atoms with Crippen molar-refractivity contribution >= 4 is 15.7 Å². The van der Waals surface area contributed by atoms with Gasteiger partial charge in [-0.25, -0.2) is 8.42 Å². The maximum atomic E-state index is 11.2. The van der Waals surface area contributed by atoms with E-state index < -0.39 is 9.84 Å². The van der Waals surface area contributed by atoms with Crippen LogP contribution in [0.2, 0.25) is 0 Å². The van der Waals surface area contributed by atoms with Crippen molar-refractivity contribution < 1.29 is 13.2 Å². The van der Waals surface area contributed by atoms with Crippen LogP contribution in [0.5, 0.6) is 5.75 Å². The van der Waals surface area contributed by atoms with Gasteiger partial charge in [0.15, 0.2) is 9.84 Å². The molecule has 0 saturated heterocycles. The van der Waals surface area contributed by atoms with Crippen molar-refractivity contribution in [2.75, 3.05) is 12.9 Å². The predicted molar refractivity (Wildman–Crippen MR) is 66.2 cm³/mol. The van der Waals surface area contributed by atoms with Crippen LogP contribution in [0.4, 0.5) is 0 Å². The van der Waals surface area contributed by atoms with Crippen LogP contribution in [0, 0.1) is 5.41 Å². The fraction of sp³-hybridized carbons (Fsp3) is 0.364. The third-order valence-electron chi connectivity index (χ3n) is 2.11. The number of sulfone groups is 1. The van der Waals surface area contributed by atoms with E-state index in [0.29, 0.717) is 25.2 Å². The molecule has 0 aliphatic heterocycles. The molecule has 17 heavy (non-hydrogen) atoms. The van der Waals surface area contributed by atoms with E-state index in [1.54, 1.807) is 12.1 Å². The predicted octanol–water partition coefficient (Wildman–Crippen LogP) is 1.19. The summed E-state index contributed by atoms with van der Waals surface area (Å²) in [7, 11) is -3.16. The highest BCUT2D eigenvalue weighted by Gasteiger charge is 2.06. The first-order valence-electron chi connectivity index (χ1n) is 5.15. The van der Waals surface area contributed by atoms with E-state index in [4.69, 9.17) is 15.9 Å². The molecule has 0 amide bonds. The Bertz CT molecular complexity index is 480. The smallest absolute Gasteiger partial charge is 0.175 e. The average Bonchev–Trinajstić information content (AvgIpc) is 2.23. The number of hydrogen-bond acceptors (Lipinski definition) is 4. The Kier molecular flexibility index (Phi) is 4.51. The van der Waals surface area contributed by atoms with Crippen LogP contribution in [0.25, 0.3) is 0 Å². The average molecular weight is 256 g/mol. The van der Waals surface area contributed by atoms with E-state index in [1.807, 2.05) is 0 Å². The minimum absolute atomic E-state index is 0.140. The standard InChI is InChI=1S/C11H16N2O3S/c1-17(14,15)10-6-4-9(5-7-10)16-8-2-3-11(12)13/h4-7H,2-3,8H2,1H3,(H3,12,13). The summed E-state index contributed by atoms with van der Waals surface area (Å²) in [4.78, 5) is 0.272. The lowest BCUT2D eigenvalue weighted by Gasteiger charge is -2.06. The molecule has 94 valence electrons. The first kappa shape index (κ1) is 13.5. The Balaban J connectivity index is 2.49. The van der Waals surface area contributed by atoms with Crippen molar-refractivity contribution in [3.8, 4) is 5.75 Å². The van der Waals surface area contributed by atoms with Gasteiger partial charge in [0.05, 0.1) is 17.3 Å². The zero-order valence-electron chi connectivity index (χ0n) is 9.64. The maximum absolute atomic E-state index is 11.2. The molecule has 0 aliphatic carbocycles. The molecule has 6 heteroatoms. The fourth-order valence-corrected chi connectivity index (χ4v) is 1.87. The number of amidine groups is 1. The van der Waals surface area contributed by atoms with E-state index in [1.165, 1.54) is 12.1 Å². The summed E-state index contributed by atoms with van der Waals surface area (Å²) < 4.78 is 27.8. The molecular weight excluding hydrogens is 240 g/mol. The number of hydrogen-bond donors (Lipinski definition) is 2. The van der Waals surface area contributed by atoms with Gasteiger partial charge in [0.2, 0.25) is 0 Å². The molecule has 3 N–H and O–H groups in total. The maximum Gasteiger partial charge on any atom is 0.175 e. The number of nitrogens with one attached hydrogen (secondary N) is 1. The van der Waals surface area contributed by atoms with Gasteiger partial charge in [-0.05, 0) is 30.7 Å². The Hall–Kier alpha value is -1.56. The molecule has 0 unspecified atom stereocenters. The van der Waals surface area contributed by atoms with Gasteiger partial charge in [-0.3, -0.25) is 5.41 Å². The second kappa shape index (κ2) is 5.67. The molecule has 0 radical (unpaired) electrons. The van der Waals surface area contributed by atoms with Crippen LogP contribution in [0.3, 0.4) is 0 Å². The SMILES string of the molecule is CS(=O)(=O)c1ccc(OCCCC(=N)N)cc1. The van der Waals surface area contributed by atoms with Crippen LogP contribution in [0.15, 0.2) is 29.2 Å². The molecule has 1 aromatic carbocycles. The quantitative estimate of drug-likeness (QED) is 0.454. The molecule has 1 rings (SSSR count). The van der Waals surface area contributed by atoms with E-state index in [0.717, 1.165) is 6.26 Å². The van der Waals surface area contributed by atoms with Gasteiger partial charge in [0, 0.05) is 12.7 Å². The second-order valence-electron chi connectivity index (χ2n) is 3.72. The zero-order chi connectivity index (χ0) is 12.9. The Morgan fingerprint density at radius 3 is 2.41 bits per heavy atom. The molecule has 0 bridgehead atoms. The largest absolute Gasteiger partial charge is 0.494 e. The van der Waals surface area contributed by atoms with E-state index in [-0.39, 0.29) is 10.7 Å². The normalized spacial score (nSPS) is 11.1. The summed E-state index contributed by atoms with van der Waals surface area (Å²) in [6.07, 6.45) is 2.33. The minimum atomic E-state index is -3.16. The van der Waals surface area contributed by atoms with E-state index in [9.17, 15) is 8.42 Å². The second-order valence-corrected chi connectivity index (χ2v) is 5.74.